The Hall–Kier alpha value is -2.82. The molecule has 0 saturated carbocycles. The van der Waals surface area contributed by atoms with Gasteiger partial charge in [-0.2, -0.15) is 0 Å². The molecule has 0 radical (unpaired) electrons. The monoisotopic (exact) mass is 267 g/mol. The molecule has 3 rings (SSSR count). The van der Waals surface area contributed by atoms with Crippen molar-refractivity contribution in [1.29, 1.82) is 0 Å². The van der Waals surface area contributed by atoms with Gasteiger partial charge < -0.3 is 9.97 Å². The summed E-state index contributed by atoms with van der Waals surface area (Å²) >= 11 is 0. The molecule has 0 fully saturated rings. The van der Waals surface area contributed by atoms with E-state index in [-0.39, 0.29) is 16.5 Å². The third kappa shape index (κ3) is 2.21. The van der Waals surface area contributed by atoms with Crippen molar-refractivity contribution in [2.75, 3.05) is 0 Å². The van der Waals surface area contributed by atoms with Gasteiger partial charge in [0.05, 0.1) is 10.8 Å². The summed E-state index contributed by atoms with van der Waals surface area (Å²) in [4.78, 5) is 16.8. The average molecular weight is 267 g/mol. The number of non-ortho nitro benzene ring substituents is 1. The van der Waals surface area contributed by atoms with Crippen LogP contribution in [0.25, 0.3) is 0 Å². The summed E-state index contributed by atoms with van der Waals surface area (Å²) in [6.45, 7) is 0. The van der Waals surface area contributed by atoms with Gasteiger partial charge >= 0.3 is 0 Å². The quantitative estimate of drug-likeness (QED) is 0.561. The molecule has 1 aromatic carbocycles. The van der Waals surface area contributed by atoms with Crippen molar-refractivity contribution in [3.05, 3.63) is 88.0 Å². The second-order valence-corrected chi connectivity index (χ2v) is 4.53. The summed E-state index contributed by atoms with van der Waals surface area (Å²) < 4.78 is 0. The molecule has 20 heavy (non-hydrogen) atoms. The molecule has 100 valence electrons. The molecule has 0 saturated heterocycles. The smallest absolute Gasteiger partial charge is 0.269 e. The van der Waals surface area contributed by atoms with Crippen molar-refractivity contribution in [2.24, 2.45) is 0 Å². The van der Waals surface area contributed by atoms with E-state index in [4.69, 9.17) is 0 Å². The van der Waals surface area contributed by atoms with Crippen LogP contribution in [0.15, 0.2) is 60.9 Å². The van der Waals surface area contributed by atoms with Crippen molar-refractivity contribution in [3.8, 4) is 0 Å². The molecule has 0 unspecified atom stereocenters. The zero-order valence-electron chi connectivity index (χ0n) is 10.6. The number of aromatic amines is 2. The van der Waals surface area contributed by atoms with E-state index in [2.05, 4.69) is 9.97 Å². The van der Waals surface area contributed by atoms with Gasteiger partial charge in [-0.3, -0.25) is 10.1 Å². The lowest BCUT2D eigenvalue weighted by atomic mass is 9.92. The molecule has 0 atom stereocenters. The molecule has 0 aliphatic carbocycles. The largest absolute Gasteiger partial charge is 0.364 e. The van der Waals surface area contributed by atoms with Gasteiger partial charge in [0.2, 0.25) is 0 Å². The molecule has 3 aromatic rings. The number of hydrogen-bond donors (Lipinski definition) is 2. The van der Waals surface area contributed by atoms with Crippen molar-refractivity contribution >= 4 is 5.69 Å². The van der Waals surface area contributed by atoms with Gasteiger partial charge in [-0.15, -0.1) is 0 Å². The molecule has 2 heterocycles. The lowest BCUT2D eigenvalue weighted by Gasteiger charge is -2.15. The minimum absolute atomic E-state index is 0.0146. The van der Waals surface area contributed by atoms with Gasteiger partial charge in [-0.25, -0.2) is 0 Å². The normalized spacial score (nSPS) is 10.8. The van der Waals surface area contributed by atoms with Crippen LogP contribution < -0.4 is 0 Å². The highest BCUT2D eigenvalue weighted by Gasteiger charge is 2.19. The van der Waals surface area contributed by atoms with Crippen LogP contribution in [-0.2, 0) is 0 Å². The Morgan fingerprint density at radius 3 is 1.85 bits per heavy atom. The molecule has 0 bridgehead atoms. The highest BCUT2D eigenvalue weighted by atomic mass is 16.6. The van der Waals surface area contributed by atoms with E-state index in [9.17, 15) is 10.1 Å². The van der Waals surface area contributed by atoms with E-state index in [1.54, 1.807) is 12.1 Å². The fourth-order valence-corrected chi connectivity index (χ4v) is 2.36. The first-order valence-electron chi connectivity index (χ1n) is 6.26. The van der Waals surface area contributed by atoms with E-state index >= 15 is 0 Å². The summed E-state index contributed by atoms with van der Waals surface area (Å²) in [5, 5.41) is 10.7. The number of nitrogens with one attached hydrogen (secondary N) is 2. The molecule has 2 N–H and O–H groups in total. The fraction of sp³-hybridized carbons (Fsp3) is 0.0667. The minimum atomic E-state index is -0.387. The SMILES string of the molecule is O=[N+]([O-])c1ccc(C(c2ccc[nH]2)c2ccc[nH]2)cc1. The van der Waals surface area contributed by atoms with Gasteiger partial charge in [0.15, 0.2) is 0 Å². The van der Waals surface area contributed by atoms with E-state index in [0.717, 1.165) is 17.0 Å². The Morgan fingerprint density at radius 1 is 0.900 bits per heavy atom. The highest BCUT2D eigenvalue weighted by molar-refractivity contribution is 5.42. The summed E-state index contributed by atoms with van der Waals surface area (Å²) in [7, 11) is 0. The van der Waals surface area contributed by atoms with Gasteiger partial charge in [-0.1, -0.05) is 12.1 Å². The number of aromatic nitrogens is 2. The Morgan fingerprint density at radius 2 is 1.45 bits per heavy atom. The maximum Gasteiger partial charge on any atom is 0.269 e. The second kappa shape index (κ2) is 5.05. The maximum absolute atomic E-state index is 10.7. The first kappa shape index (κ1) is 12.2. The Labute approximate surface area is 115 Å². The number of H-pyrrole nitrogens is 2. The predicted octanol–water partition coefficient (Wildman–Crippen LogP) is 3.43. The standard InChI is InChI=1S/C15H13N3O2/c19-18(20)12-7-5-11(6-8-12)15(13-3-1-9-16-13)14-4-2-10-17-14/h1-10,15-17H. The van der Waals surface area contributed by atoms with Gasteiger partial charge in [0, 0.05) is 35.9 Å². The second-order valence-electron chi connectivity index (χ2n) is 4.53. The molecular formula is C15H13N3O2. The van der Waals surface area contributed by atoms with Crippen LogP contribution in [0.5, 0.6) is 0 Å². The molecule has 0 spiro atoms. The Balaban J connectivity index is 2.04. The van der Waals surface area contributed by atoms with Crippen LogP contribution in [0.1, 0.15) is 22.9 Å². The number of nitro groups is 1. The molecule has 5 nitrogen and oxygen atoms in total. The molecule has 0 aliphatic rings. The molecular weight excluding hydrogens is 254 g/mol. The number of rotatable bonds is 4. The van der Waals surface area contributed by atoms with Crippen LogP contribution in [0.4, 0.5) is 5.69 Å². The van der Waals surface area contributed by atoms with Gasteiger partial charge in [0.1, 0.15) is 0 Å². The zero-order valence-corrected chi connectivity index (χ0v) is 10.6. The topological polar surface area (TPSA) is 74.7 Å². The fourth-order valence-electron chi connectivity index (χ4n) is 2.36. The van der Waals surface area contributed by atoms with E-state index in [0.29, 0.717) is 0 Å². The van der Waals surface area contributed by atoms with E-state index < -0.39 is 0 Å². The van der Waals surface area contributed by atoms with Crippen molar-refractivity contribution in [3.63, 3.8) is 0 Å². The maximum atomic E-state index is 10.7. The first-order valence-corrected chi connectivity index (χ1v) is 6.26. The van der Waals surface area contributed by atoms with Crippen LogP contribution in [0.3, 0.4) is 0 Å². The first-order chi connectivity index (χ1) is 9.75. The van der Waals surface area contributed by atoms with Crippen LogP contribution in [0, 0.1) is 10.1 Å². The molecule has 2 aromatic heterocycles. The number of nitro benzene ring substituents is 1. The third-order valence-electron chi connectivity index (χ3n) is 3.30. The highest BCUT2D eigenvalue weighted by Crippen LogP contribution is 2.30. The third-order valence-corrected chi connectivity index (χ3v) is 3.30. The van der Waals surface area contributed by atoms with Crippen LogP contribution in [0.2, 0.25) is 0 Å². The predicted molar refractivity (Wildman–Crippen MR) is 75.6 cm³/mol. The Bertz CT molecular complexity index is 651. The minimum Gasteiger partial charge on any atom is -0.364 e. The van der Waals surface area contributed by atoms with E-state index in [1.165, 1.54) is 12.1 Å². The van der Waals surface area contributed by atoms with Crippen molar-refractivity contribution < 1.29 is 4.92 Å². The lowest BCUT2D eigenvalue weighted by molar-refractivity contribution is -0.384. The zero-order chi connectivity index (χ0) is 13.9. The summed E-state index contributed by atoms with van der Waals surface area (Å²) in [6.07, 6.45) is 3.74. The van der Waals surface area contributed by atoms with E-state index in [1.807, 2.05) is 36.7 Å². The van der Waals surface area contributed by atoms with Crippen molar-refractivity contribution in [1.82, 2.24) is 9.97 Å². The number of hydrogen-bond acceptors (Lipinski definition) is 2. The molecule has 5 heteroatoms. The van der Waals surface area contributed by atoms with Gasteiger partial charge in [-0.05, 0) is 29.8 Å². The summed E-state index contributed by atoms with van der Waals surface area (Å²) in [5.74, 6) is 0.0146. The Kier molecular flexibility index (Phi) is 3.09. The molecule has 0 aliphatic heterocycles. The number of benzene rings is 1. The molecule has 0 amide bonds. The summed E-state index contributed by atoms with van der Waals surface area (Å²) in [5.41, 5.74) is 3.19. The number of nitrogens with zero attached hydrogens (tertiary/aromatic N) is 1. The van der Waals surface area contributed by atoms with Gasteiger partial charge in [0.25, 0.3) is 5.69 Å². The van der Waals surface area contributed by atoms with Crippen LogP contribution >= 0.6 is 0 Å². The van der Waals surface area contributed by atoms with Crippen LogP contribution in [-0.4, -0.2) is 14.9 Å². The van der Waals surface area contributed by atoms with Crippen molar-refractivity contribution in [2.45, 2.75) is 5.92 Å². The summed E-state index contributed by atoms with van der Waals surface area (Å²) in [6, 6.07) is 14.6. The average Bonchev–Trinajstić information content (AvgIpc) is 3.13. The lowest BCUT2D eigenvalue weighted by Crippen LogP contribution is -2.04.